The molecule has 1 heteroatoms. The molecule has 1 rings (SSSR count). The largest absolute Gasteiger partial charge is 0.314 e. The average Bonchev–Trinajstić information content (AvgIpc) is 2.65. The van der Waals surface area contributed by atoms with Gasteiger partial charge < -0.3 is 5.32 Å². The van der Waals surface area contributed by atoms with Crippen LogP contribution in [0.1, 0.15) is 129 Å². The van der Waals surface area contributed by atoms with Crippen molar-refractivity contribution in [2.24, 2.45) is 0 Å². The fourth-order valence-electron chi connectivity index (χ4n) is 3.99. The van der Waals surface area contributed by atoms with Crippen molar-refractivity contribution in [1.82, 2.24) is 5.32 Å². The summed E-state index contributed by atoms with van der Waals surface area (Å²) in [6.07, 6.45) is 31.7. The van der Waals surface area contributed by atoms with Crippen LogP contribution in [0.3, 0.4) is 0 Å². The van der Waals surface area contributed by atoms with Gasteiger partial charge in [-0.25, -0.2) is 0 Å². The molecule has 0 bridgehead atoms. The predicted molar refractivity (Wildman–Crippen MR) is 114 cm³/mol. The molecule has 0 spiro atoms. The third kappa shape index (κ3) is 15.7. The Bertz CT molecular complexity index is 278. The van der Waals surface area contributed by atoms with Gasteiger partial charge in [0.1, 0.15) is 0 Å². The summed E-state index contributed by atoms with van der Waals surface area (Å²) >= 11 is 0. The highest BCUT2D eigenvalue weighted by atomic mass is 14.9. The van der Waals surface area contributed by atoms with E-state index in [9.17, 15) is 0 Å². The van der Waals surface area contributed by atoms with Crippen molar-refractivity contribution in [1.29, 1.82) is 0 Å². The van der Waals surface area contributed by atoms with E-state index in [1.54, 1.807) is 0 Å². The molecule has 0 amide bonds. The molecule has 1 saturated carbocycles. The zero-order chi connectivity index (χ0) is 17.8. The van der Waals surface area contributed by atoms with E-state index in [1.807, 2.05) is 0 Å². The summed E-state index contributed by atoms with van der Waals surface area (Å²) in [4.78, 5) is 0. The number of hydrogen-bond donors (Lipinski definition) is 1. The average molecular weight is 350 g/mol. The molecule has 1 fully saturated rings. The molecular weight excluding hydrogens is 302 g/mol. The second-order valence-electron chi connectivity index (χ2n) is 8.23. The summed E-state index contributed by atoms with van der Waals surface area (Å²) in [5.74, 6) is 0. The molecule has 1 N–H and O–H groups in total. The van der Waals surface area contributed by atoms with Crippen molar-refractivity contribution < 1.29 is 0 Å². The standard InChI is InChI=1S/C24H47N/c1-2-3-4-5-6-7-8-9-10-11-12-13-14-15-16-20-23-25-24-21-18-17-19-22-24/h9-10,24-25H,2-8,11-23H2,1H3/b10-9-. The normalized spacial score (nSPS) is 16.0. The van der Waals surface area contributed by atoms with Crippen molar-refractivity contribution in [2.45, 2.75) is 135 Å². The Balaban J connectivity index is 1.70. The third-order valence-electron chi connectivity index (χ3n) is 5.73. The molecule has 1 aliphatic rings. The van der Waals surface area contributed by atoms with Crippen LogP contribution < -0.4 is 5.32 Å². The molecule has 0 aromatic heterocycles. The molecule has 0 radical (unpaired) electrons. The second kappa shape index (κ2) is 18.5. The zero-order valence-electron chi connectivity index (χ0n) is 17.4. The Labute approximate surface area is 159 Å². The van der Waals surface area contributed by atoms with E-state index in [1.165, 1.54) is 129 Å². The van der Waals surface area contributed by atoms with Crippen LogP contribution in [0.5, 0.6) is 0 Å². The Morgan fingerprint density at radius 1 is 0.640 bits per heavy atom. The minimum Gasteiger partial charge on any atom is -0.314 e. The molecule has 0 aliphatic heterocycles. The molecule has 1 aliphatic carbocycles. The monoisotopic (exact) mass is 349 g/mol. The molecule has 0 aromatic rings. The molecule has 0 aromatic carbocycles. The quantitative estimate of drug-likeness (QED) is 0.207. The molecule has 0 unspecified atom stereocenters. The van der Waals surface area contributed by atoms with E-state index in [-0.39, 0.29) is 0 Å². The molecule has 0 heterocycles. The van der Waals surface area contributed by atoms with Gasteiger partial charge in [0.15, 0.2) is 0 Å². The van der Waals surface area contributed by atoms with Gasteiger partial charge in [-0.3, -0.25) is 0 Å². The minimum absolute atomic E-state index is 0.844. The third-order valence-corrected chi connectivity index (χ3v) is 5.73. The number of unbranched alkanes of at least 4 members (excludes halogenated alkanes) is 12. The summed E-state index contributed by atoms with van der Waals surface area (Å²) in [7, 11) is 0. The van der Waals surface area contributed by atoms with E-state index in [2.05, 4.69) is 24.4 Å². The fourth-order valence-corrected chi connectivity index (χ4v) is 3.99. The van der Waals surface area contributed by atoms with Gasteiger partial charge in [0.25, 0.3) is 0 Å². The molecule has 1 nitrogen and oxygen atoms in total. The summed E-state index contributed by atoms with van der Waals surface area (Å²) in [6.45, 7) is 3.55. The maximum Gasteiger partial charge on any atom is 0.00670 e. The highest BCUT2D eigenvalue weighted by Gasteiger charge is 2.11. The SMILES string of the molecule is CCCCCCCC/C=C\CCCCCCCCNC1CCCCC1. The van der Waals surface area contributed by atoms with Crippen LogP contribution in [0.15, 0.2) is 12.2 Å². The van der Waals surface area contributed by atoms with Crippen LogP contribution in [0.25, 0.3) is 0 Å². The summed E-state index contributed by atoms with van der Waals surface area (Å²) in [5.41, 5.74) is 0. The molecule has 148 valence electrons. The van der Waals surface area contributed by atoms with Crippen LogP contribution in [0.4, 0.5) is 0 Å². The van der Waals surface area contributed by atoms with Gasteiger partial charge >= 0.3 is 0 Å². The first-order valence-corrected chi connectivity index (χ1v) is 11.8. The van der Waals surface area contributed by atoms with Crippen molar-refractivity contribution in [2.75, 3.05) is 6.54 Å². The lowest BCUT2D eigenvalue weighted by molar-refractivity contribution is 0.370. The Morgan fingerprint density at radius 2 is 1.16 bits per heavy atom. The van der Waals surface area contributed by atoms with Gasteiger partial charge in [0, 0.05) is 6.04 Å². The predicted octanol–water partition coefficient (Wildman–Crippen LogP) is 7.95. The number of allylic oxidation sites excluding steroid dienone is 2. The van der Waals surface area contributed by atoms with Gasteiger partial charge in [-0.2, -0.15) is 0 Å². The van der Waals surface area contributed by atoms with E-state index in [0.29, 0.717) is 0 Å². The molecule has 25 heavy (non-hydrogen) atoms. The lowest BCUT2D eigenvalue weighted by atomic mass is 9.95. The highest BCUT2D eigenvalue weighted by molar-refractivity contribution is 4.81. The Hall–Kier alpha value is -0.300. The van der Waals surface area contributed by atoms with Crippen molar-refractivity contribution in [3.8, 4) is 0 Å². The van der Waals surface area contributed by atoms with Crippen molar-refractivity contribution in [3.63, 3.8) is 0 Å². The lowest BCUT2D eigenvalue weighted by Gasteiger charge is -2.22. The van der Waals surface area contributed by atoms with E-state index in [4.69, 9.17) is 0 Å². The smallest absolute Gasteiger partial charge is 0.00670 e. The summed E-state index contributed by atoms with van der Waals surface area (Å²) in [6, 6.07) is 0.844. The second-order valence-corrected chi connectivity index (χ2v) is 8.23. The van der Waals surface area contributed by atoms with Crippen molar-refractivity contribution in [3.05, 3.63) is 12.2 Å². The summed E-state index contributed by atoms with van der Waals surface area (Å²) in [5, 5.41) is 3.76. The maximum atomic E-state index is 3.76. The Morgan fingerprint density at radius 3 is 1.76 bits per heavy atom. The molecule has 0 atom stereocenters. The number of hydrogen-bond acceptors (Lipinski definition) is 1. The maximum absolute atomic E-state index is 3.76. The summed E-state index contributed by atoms with van der Waals surface area (Å²) < 4.78 is 0. The van der Waals surface area contributed by atoms with Crippen LogP contribution in [0, 0.1) is 0 Å². The van der Waals surface area contributed by atoms with Gasteiger partial charge in [-0.15, -0.1) is 0 Å². The van der Waals surface area contributed by atoms with Crippen molar-refractivity contribution >= 4 is 0 Å². The van der Waals surface area contributed by atoms with E-state index < -0.39 is 0 Å². The first kappa shape index (κ1) is 22.7. The number of nitrogens with one attached hydrogen (secondary N) is 1. The minimum atomic E-state index is 0.844. The zero-order valence-corrected chi connectivity index (χ0v) is 17.4. The van der Waals surface area contributed by atoms with Gasteiger partial charge in [0.2, 0.25) is 0 Å². The van der Waals surface area contributed by atoms with Crippen LogP contribution >= 0.6 is 0 Å². The van der Waals surface area contributed by atoms with Crippen LogP contribution in [-0.4, -0.2) is 12.6 Å². The first-order chi connectivity index (χ1) is 12.4. The fraction of sp³-hybridized carbons (Fsp3) is 0.917. The molecular formula is C24H47N. The lowest BCUT2D eigenvalue weighted by Crippen LogP contribution is -2.31. The van der Waals surface area contributed by atoms with E-state index >= 15 is 0 Å². The molecule has 0 saturated heterocycles. The Kier molecular flexibility index (Phi) is 16.8. The first-order valence-electron chi connectivity index (χ1n) is 11.8. The van der Waals surface area contributed by atoms with Gasteiger partial charge in [-0.05, 0) is 51.5 Å². The number of rotatable bonds is 17. The van der Waals surface area contributed by atoms with Crippen LogP contribution in [0.2, 0.25) is 0 Å². The topological polar surface area (TPSA) is 12.0 Å². The van der Waals surface area contributed by atoms with Crippen LogP contribution in [-0.2, 0) is 0 Å². The van der Waals surface area contributed by atoms with E-state index in [0.717, 1.165) is 6.04 Å². The highest BCUT2D eigenvalue weighted by Crippen LogP contribution is 2.17. The van der Waals surface area contributed by atoms with Gasteiger partial charge in [-0.1, -0.05) is 96.1 Å². The van der Waals surface area contributed by atoms with Gasteiger partial charge in [0.05, 0.1) is 0 Å².